The molecule has 130 valence electrons. The largest absolute Gasteiger partial charge is 0.497 e. The molecule has 0 radical (unpaired) electrons. The maximum atomic E-state index is 11.8. The molecule has 1 unspecified atom stereocenters. The van der Waals surface area contributed by atoms with Crippen LogP contribution in [-0.4, -0.2) is 45.3 Å². The zero-order chi connectivity index (χ0) is 17.8. The molecule has 0 spiro atoms. The molecule has 0 fully saturated rings. The molecule has 3 rings (SSSR count). The number of rotatable bonds is 6. The van der Waals surface area contributed by atoms with Gasteiger partial charge in [0, 0.05) is 5.56 Å². The van der Waals surface area contributed by atoms with Gasteiger partial charge in [0.15, 0.2) is 11.5 Å². The summed E-state index contributed by atoms with van der Waals surface area (Å²) in [5.41, 5.74) is 1.52. The van der Waals surface area contributed by atoms with Crippen molar-refractivity contribution in [3.05, 3.63) is 36.4 Å². The number of esters is 1. The maximum absolute atomic E-state index is 11.8. The first-order chi connectivity index (χ1) is 12.2. The van der Waals surface area contributed by atoms with E-state index in [1.54, 1.807) is 11.6 Å². The zero-order valence-electron chi connectivity index (χ0n) is 14.2. The van der Waals surface area contributed by atoms with Crippen molar-refractivity contribution in [3.63, 3.8) is 0 Å². The fraction of sp³-hybridized carbons (Fsp3) is 0.294. The first-order valence-electron chi connectivity index (χ1n) is 7.77. The molecule has 2 heterocycles. The van der Waals surface area contributed by atoms with Crippen LogP contribution in [0.15, 0.2) is 41.4 Å². The van der Waals surface area contributed by atoms with E-state index in [0.29, 0.717) is 22.9 Å². The Labute approximate surface area is 149 Å². The Morgan fingerprint density at radius 2 is 1.92 bits per heavy atom. The Bertz CT molecular complexity index is 879. The molecule has 1 atom stereocenters. The lowest BCUT2D eigenvalue weighted by atomic mass is 10.2. The fourth-order valence-corrected chi connectivity index (χ4v) is 3.26. The number of ether oxygens (including phenoxy) is 2. The van der Waals surface area contributed by atoms with E-state index in [1.807, 2.05) is 43.3 Å². The molecule has 0 N–H and O–H groups in total. The van der Waals surface area contributed by atoms with Gasteiger partial charge in [-0.05, 0) is 42.8 Å². The molecule has 0 aliphatic carbocycles. The van der Waals surface area contributed by atoms with E-state index in [0.717, 1.165) is 11.3 Å². The SMILES string of the molecule is CCC(Sc1ccc2nnc(-c3ccc(OC)cc3)n2n1)C(=O)OC. The van der Waals surface area contributed by atoms with Crippen molar-refractivity contribution in [3.8, 4) is 17.1 Å². The number of aromatic nitrogens is 4. The third-order valence-corrected chi connectivity index (χ3v) is 4.95. The van der Waals surface area contributed by atoms with E-state index in [9.17, 15) is 4.79 Å². The highest BCUT2D eigenvalue weighted by molar-refractivity contribution is 8.00. The van der Waals surface area contributed by atoms with Gasteiger partial charge in [0.2, 0.25) is 0 Å². The standard InChI is InChI=1S/C17H18N4O3S/c1-4-13(17(22)24-3)25-15-10-9-14-18-19-16(21(14)20-15)11-5-7-12(23-2)8-6-11/h5-10,13H,4H2,1-3H3. The molecule has 0 saturated carbocycles. The van der Waals surface area contributed by atoms with Crippen LogP contribution in [0.2, 0.25) is 0 Å². The minimum absolute atomic E-state index is 0.256. The molecular formula is C17H18N4O3S. The minimum Gasteiger partial charge on any atom is -0.497 e. The summed E-state index contributed by atoms with van der Waals surface area (Å²) < 4.78 is 11.7. The number of hydrogen-bond donors (Lipinski definition) is 0. The summed E-state index contributed by atoms with van der Waals surface area (Å²) in [6, 6.07) is 11.2. The Morgan fingerprint density at radius 3 is 2.56 bits per heavy atom. The normalized spacial score (nSPS) is 12.1. The second-order valence-corrected chi connectivity index (χ2v) is 6.45. The van der Waals surface area contributed by atoms with Crippen LogP contribution in [-0.2, 0) is 9.53 Å². The van der Waals surface area contributed by atoms with E-state index < -0.39 is 0 Å². The first-order valence-corrected chi connectivity index (χ1v) is 8.65. The third kappa shape index (κ3) is 3.58. The first kappa shape index (κ1) is 17.2. The summed E-state index contributed by atoms with van der Waals surface area (Å²) in [6.45, 7) is 1.94. The maximum Gasteiger partial charge on any atom is 0.319 e. The summed E-state index contributed by atoms with van der Waals surface area (Å²) in [5, 5.41) is 13.4. The van der Waals surface area contributed by atoms with Crippen molar-refractivity contribution in [2.45, 2.75) is 23.6 Å². The van der Waals surface area contributed by atoms with Crippen molar-refractivity contribution in [1.82, 2.24) is 19.8 Å². The molecular weight excluding hydrogens is 340 g/mol. The van der Waals surface area contributed by atoms with Crippen LogP contribution >= 0.6 is 11.8 Å². The van der Waals surface area contributed by atoms with Crippen LogP contribution < -0.4 is 4.74 Å². The second kappa shape index (κ2) is 7.52. The summed E-state index contributed by atoms with van der Waals surface area (Å²) in [7, 11) is 3.02. The molecule has 0 bridgehead atoms. The van der Waals surface area contributed by atoms with Gasteiger partial charge in [0.05, 0.1) is 14.2 Å². The number of methoxy groups -OCH3 is 2. The molecule has 0 saturated heterocycles. The van der Waals surface area contributed by atoms with Crippen molar-refractivity contribution in [2.24, 2.45) is 0 Å². The lowest BCUT2D eigenvalue weighted by Gasteiger charge is -2.11. The molecule has 2 aromatic heterocycles. The number of hydrogen-bond acceptors (Lipinski definition) is 7. The van der Waals surface area contributed by atoms with Gasteiger partial charge in [0.25, 0.3) is 0 Å². The molecule has 25 heavy (non-hydrogen) atoms. The third-order valence-electron chi connectivity index (χ3n) is 3.68. The number of carbonyl (C=O) groups excluding carboxylic acids is 1. The molecule has 7 nitrogen and oxygen atoms in total. The van der Waals surface area contributed by atoms with Crippen molar-refractivity contribution >= 4 is 23.4 Å². The van der Waals surface area contributed by atoms with Crippen LogP contribution in [0.4, 0.5) is 0 Å². The monoisotopic (exact) mass is 358 g/mol. The number of fused-ring (bicyclic) bond motifs is 1. The zero-order valence-corrected chi connectivity index (χ0v) is 15.0. The average molecular weight is 358 g/mol. The smallest absolute Gasteiger partial charge is 0.319 e. The summed E-state index contributed by atoms with van der Waals surface area (Å²) in [4.78, 5) is 11.8. The van der Waals surface area contributed by atoms with Crippen LogP contribution in [0.1, 0.15) is 13.3 Å². The Kier molecular flexibility index (Phi) is 5.18. The van der Waals surface area contributed by atoms with Gasteiger partial charge >= 0.3 is 5.97 Å². The summed E-state index contributed by atoms with van der Waals surface area (Å²) >= 11 is 1.37. The Hall–Kier alpha value is -2.61. The van der Waals surface area contributed by atoms with Gasteiger partial charge in [-0.15, -0.1) is 10.2 Å². The highest BCUT2D eigenvalue weighted by atomic mass is 32.2. The van der Waals surface area contributed by atoms with Gasteiger partial charge in [-0.25, -0.2) is 0 Å². The van der Waals surface area contributed by atoms with E-state index in [1.165, 1.54) is 18.9 Å². The van der Waals surface area contributed by atoms with Gasteiger partial charge < -0.3 is 9.47 Å². The van der Waals surface area contributed by atoms with Crippen LogP contribution in [0.5, 0.6) is 5.75 Å². The van der Waals surface area contributed by atoms with E-state index in [4.69, 9.17) is 9.47 Å². The van der Waals surface area contributed by atoms with Crippen LogP contribution in [0.25, 0.3) is 17.0 Å². The predicted molar refractivity (Wildman–Crippen MR) is 94.7 cm³/mol. The van der Waals surface area contributed by atoms with Gasteiger partial charge in [-0.2, -0.15) is 9.61 Å². The number of nitrogens with zero attached hydrogens (tertiary/aromatic N) is 4. The van der Waals surface area contributed by atoms with Crippen molar-refractivity contribution in [1.29, 1.82) is 0 Å². The molecule has 0 amide bonds. The van der Waals surface area contributed by atoms with Crippen molar-refractivity contribution < 1.29 is 14.3 Å². The Balaban J connectivity index is 1.94. The number of thioether (sulfide) groups is 1. The molecule has 0 aliphatic heterocycles. The van der Waals surface area contributed by atoms with Crippen LogP contribution in [0, 0.1) is 0 Å². The molecule has 1 aromatic carbocycles. The molecule has 8 heteroatoms. The lowest BCUT2D eigenvalue weighted by Crippen LogP contribution is -2.18. The lowest BCUT2D eigenvalue weighted by molar-refractivity contribution is -0.140. The summed E-state index contributed by atoms with van der Waals surface area (Å²) in [6.07, 6.45) is 0.657. The molecule has 0 aliphatic rings. The Morgan fingerprint density at radius 1 is 1.16 bits per heavy atom. The van der Waals surface area contributed by atoms with E-state index in [-0.39, 0.29) is 11.2 Å². The van der Waals surface area contributed by atoms with E-state index in [2.05, 4.69) is 15.3 Å². The topological polar surface area (TPSA) is 78.6 Å². The number of carbonyl (C=O) groups is 1. The fourth-order valence-electron chi connectivity index (χ4n) is 2.33. The van der Waals surface area contributed by atoms with Gasteiger partial charge in [-0.1, -0.05) is 18.7 Å². The number of benzene rings is 1. The quantitative estimate of drug-likeness (QED) is 0.495. The second-order valence-electron chi connectivity index (χ2n) is 5.23. The highest BCUT2D eigenvalue weighted by Gasteiger charge is 2.20. The predicted octanol–water partition coefficient (Wildman–Crippen LogP) is 2.84. The highest BCUT2D eigenvalue weighted by Crippen LogP contribution is 2.26. The molecule has 3 aromatic rings. The summed E-state index contributed by atoms with van der Waals surface area (Å²) in [5.74, 6) is 1.14. The van der Waals surface area contributed by atoms with Gasteiger partial charge in [-0.3, -0.25) is 4.79 Å². The minimum atomic E-state index is -0.295. The van der Waals surface area contributed by atoms with Crippen molar-refractivity contribution in [2.75, 3.05) is 14.2 Å². The van der Waals surface area contributed by atoms with Crippen LogP contribution in [0.3, 0.4) is 0 Å². The van der Waals surface area contributed by atoms with Gasteiger partial charge in [0.1, 0.15) is 16.0 Å². The average Bonchev–Trinajstić information content (AvgIpc) is 3.08. The van der Waals surface area contributed by atoms with E-state index >= 15 is 0 Å².